The molecule has 0 radical (unpaired) electrons. The van der Waals surface area contributed by atoms with Crippen LogP contribution in [0.25, 0.3) is 0 Å². The van der Waals surface area contributed by atoms with Crippen molar-refractivity contribution in [3.8, 4) is 0 Å². The van der Waals surface area contributed by atoms with E-state index in [2.05, 4.69) is 20.6 Å². The molecular weight excluding hydrogens is 388 g/mol. The molecule has 8 heteroatoms. The number of hydrogen-bond acceptors (Lipinski definition) is 6. The molecule has 1 saturated carbocycles. The van der Waals surface area contributed by atoms with Crippen LogP contribution < -0.4 is 10.6 Å². The molecule has 1 fully saturated rings. The highest BCUT2D eigenvalue weighted by molar-refractivity contribution is 6.05. The van der Waals surface area contributed by atoms with Crippen LogP contribution >= 0.6 is 0 Å². The summed E-state index contributed by atoms with van der Waals surface area (Å²) in [5.41, 5.74) is 1.42. The molecule has 1 unspecified atom stereocenters. The summed E-state index contributed by atoms with van der Waals surface area (Å²) in [7, 11) is 0. The van der Waals surface area contributed by atoms with Gasteiger partial charge in [0.1, 0.15) is 23.2 Å². The van der Waals surface area contributed by atoms with Crippen molar-refractivity contribution in [1.82, 2.24) is 9.97 Å². The lowest BCUT2D eigenvalue weighted by atomic mass is 9.77. The highest BCUT2D eigenvalue weighted by Crippen LogP contribution is 2.44. The Bertz CT molecular complexity index is 964. The molecule has 2 heterocycles. The number of aliphatic imine (C=N–C) groups is 1. The fourth-order valence-corrected chi connectivity index (χ4v) is 4.14. The van der Waals surface area contributed by atoms with Crippen molar-refractivity contribution in [3.63, 3.8) is 0 Å². The van der Waals surface area contributed by atoms with Crippen LogP contribution in [0.15, 0.2) is 29.4 Å². The van der Waals surface area contributed by atoms with Gasteiger partial charge in [0, 0.05) is 11.6 Å². The van der Waals surface area contributed by atoms with Crippen LogP contribution in [0, 0.1) is 17.6 Å². The van der Waals surface area contributed by atoms with Crippen molar-refractivity contribution < 1.29 is 13.9 Å². The molecule has 2 aromatic rings. The van der Waals surface area contributed by atoms with Crippen LogP contribution in [-0.4, -0.2) is 32.6 Å². The van der Waals surface area contributed by atoms with Gasteiger partial charge in [-0.1, -0.05) is 0 Å². The standard InChI is InChI=1S/C22H27F2N5O/c1-22(2,3)29-21-25-11-17-19(28-21)18(12-4-7-14(30)8-5-12)20(27-17)26-16-9-6-13(23)10-15(16)24/h6,9-12,14,18,30H,4-5,7-8H2,1-3H3,(H,26,27)(H,25,28,29)/t12-,14+,18?. The normalized spacial score (nSPS) is 23.7. The molecule has 30 heavy (non-hydrogen) atoms. The van der Waals surface area contributed by atoms with Gasteiger partial charge in [-0.2, -0.15) is 0 Å². The number of benzene rings is 1. The fraction of sp³-hybridized carbons (Fsp3) is 0.500. The van der Waals surface area contributed by atoms with E-state index in [-0.39, 0.29) is 29.2 Å². The van der Waals surface area contributed by atoms with E-state index in [1.165, 1.54) is 12.1 Å². The van der Waals surface area contributed by atoms with E-state index < -0.39 is 11.6 Å². The lowest BCUT2D eigenvalue weighted by molar-refractivity contribution is 0.106. The Kier molecular flexibility index (Phi) is 5.44. The molecular formula is C22H27F2N5O. The fourth-order valence-electron chi connectivity index (χ4n) is 4.14. The number of amidine groups is 1. The predicted molar refractivity (Wildman–Crippen MR) is 113 cm³/mol. The molecule has 0 spiro atoms. The van der Waals surface area contributed by atoms with Crippen LogP contribution in [0.4, 0.5) is 26.1 Å². The van der Waals surface area contributed by atoms with Gasteiger partial charge in [-0.05, 0) is 64.5 Å². The van der Waals surface area contributed by atoms with E-state index in [0.29, 0.717) is 30.3 Å². The third-order valence-electron chi connectivity index (χ3n) is 5.52. The first-order valence-electron chi connectivity index (χ1n) is 10.3. The summed E-state index contributed by atoms with van der Waals surface area (Å²) in [5, 5.41) is 16.3. The molecule has 160 valence electrons. The number of nitrogens with zero attached hydrogens (tertiary/aromatic N) is 3. The average molecular weight is 415 g/mol. The number of hydrogen-bond donors (Lipinski definition) is 3. The molecule has 0 saturated heterocycles. The summed E-state index contributed by atoms with van der Waals surface area (Å²) in [5.74, 6) is -0.156. The van der Waals surface area contributed by atoms with Gasteiger partial charge in [-0.15, -0.1) is 0 Å². The van der Waals surface area contributed by atoms with Crippen molar-refractivity contribution >= 4 is 23.2 Å². The van der Waals surface area contributed by atoms with Crippen LogP contribution in [-0.2, 0) is 0 Å². The maximum absolute atomic E-state index is 14.3. The SMILES string of the molecule is CC(C)(C)Nc1ncc2c(n1)C([C@H]1CC[C@@H](O)CC1)C(Nc1ccc(F)cc1F)=N2. The molecule has 0 amide bonds. The summed E-state index contributed by atoms with van der Waals surface area (Å²) < 4.78 is 27.6. The minimum Gasteiger partial charge on any atom is -0.393 e. The number of nitrogens with one attached hydrogen (secondary N) is 2. The highest BCUT2D eigenvalue weighted by Gasteiger charge is 2.38. The van der Waals surface area contributed by atoms with Crippen molar-refractivity contribution in [1.29, 1.82) is 0 Å². The Morgan fingerprint density at radius 2 is 1.83 bits per heavy atom. The summed E-state index contributed by atoms with van der Waals surface area (Å²) in [6.45, 7) is 6.10. The third-order valence-corrected chi connectivity index (χ3v) is 5.52. The molecule has 1 aliphatic heterocycles. The molecule has 1 aromatic heterocycles. The molecule has 6 nitrogen and oxygen atoms in total. The van der Waals surface area contributed by atoms with E-state index >= 15 is 0 Å². The first-order chi connectivity index (χ1) is 14.2. The van der Waals surface area contributed by atoms with Gasteiger partial charge in [0.2, 0.25) is 5.95 Å². The predicted octanol–water partition coefficient (Wildman–Crippen LogP) is 4.76. The molecule has 0 bridgehead atoms. The van der Waals surface area contributed by atoms with E-state index in [0.717, 1.165) is 24.6 Å². The maximum Gasteiger partial charge on any atom is 0.223 e. The Morgan fingerprint density at radius 1 is 1.10 bits per heavy atom. The zero-order valence-corrected chi connectivity index (χ0v) is 17.4. The number of fused-ring (bicyclic) bond motifs is 1. The average Bonchev–Trinajstić information content (AvgIpc) is 3.01. The van der Waals surface area contributed by atoms with Crippen LogP contribution in [0.2, 0.25) is 0 Å². The van der Waals surface area contributed by atoms with E-state index in [1.54, 1.807) is 6.20 Å². The minimum absolute atomic E-state index is 0.166. The smallest absolute Gasteiger partial charge is 0.223 e. The number of anilines is 2. The van der Waals surface area contributed by atoms with Crippen molar-refractivity contribution in [2.45, 2.75) is 64.0 Å². The number of aliphatic hydroxyl groups excluding tert-OH is 1. The Hall–Kier alpha value is -2.61. The molecule has 2 aliphatic rings. The van der Waals surface area contributed by atoms with Gasteiger partial charge < -0.3 is 15.7 Å². The number of rotatable bonds is 3. The molecule has 1 atom stereocenters. The zero-order chi connectivity index (χ0) is 21.5. The highest BCUT2D eigenvalue weighted by atomic mass is 19.1. The van der Waals surface area contributed by atoms with Crippen LogP contribution in [0.5, 0.6) is 0 Å². The summed E-state index contributed by atoms with van der Waals surface area (Å²) >= 11 is 0. The Labute approximate surface area is 174 Å². The topological polar surface area (TPSA) is 82.4 Å². The minimum atomic E-state index is -0.673. The van der Waals surface area contributed by atoms with Gasteiger partial charge in [-0.25, -0.2) is 23.7 Å². The lowest BCUT2D eigenvalue weighted by Crippen LogP contribution is -2.31. The lowest BCUT2D eigenvalue weighted by Gasteiger charge is -2.31. The van der Waals surface area contributed by atoms with Gasteiger partial charge in [-0.3, -0.25) is 0 Å². The molecule has 3 N–H and O–H groups in total. The van der Waals surface area contributed by atoms with Crippen molar-refractivity contribution in [3.05, 3.63) is 41.7 Å². The van der Waals surface area contributed by atoms with Gasteiger partial charge in [0.25, 0.3) is 0 Å². The first-order valence-corrected chi connectivity index (χ1v) is 10.3. The van der Waals surface area contributed by atoms with E-state index in [9.17, 15) is 13.9 Å². The third kappa shape index (κ3) is 4.43. The van der Waals surface area contributed by atoms with Gasteiger partial charge >= 0.3 is 0 Å². The number of aromatic nitrogens is 2. The van der Waals surface area contributed by atoms with Crippen LogP contribution in [0.1, 0.15) is 58.1 Å². The van der Waals surface area contributed by atoms with Crippen molar-refractivity contribution in [2.24, 2.45) is 10.9 Å². The van der Waals surface area contributed by atoms with Crippen molar-refractivity contribution in [2.75, 3.05) is 10.6 Å². The summed E-state index contributed by atoms with van der Waals surface area (Å²) in [6.07, 6.45) is 4.47. The zero-order valence-electron chi connectivity index (χ0n) is 17.4. The number of aliphatic hydroxyl groups is 1. The second-order valence-corrected chi connectivity index (χ2v) is 9.13. The van der Waals surface area contributed by atoms with Gasteiger partial charge in [0.15, 0.2) is 0 Å². The molecule has 1 aliphatic carbocycles. The molecule has 4 rings (SSSR count). The molecule has 1 aromatic carbocycles. The summed E-state index contributed by atoms with van der Waals surface area (Å²) in [4.78, 5) is 13.8. The quantitative estimate of drug-likeness (QED) is 0.674. The Morgan fingerprint density at radius 3 is 2.50 bits per heavy atom. The van der Waals surface area contributed by atoms with Gasteiger partial charge in [0.05, 0.1) is 29.6 Å². The van der Waals surface area contributed by atoms with E-state index in [1.807, 2.05) is 20.8 Å². The maximum atomic E-state index is 14.3. The number of halogens is 2. The largest absolute Gasteiger partial charge is 0.393 e. The van der Waals surface area contributed by atoms with E-state index in [4.69, 9.17) is 4.98 Å². The summed E-state index contributed by atoms with van der Waals surface area (Å²) in [6, 6.07) is 3.43. The second kappa shape index (κ2) is 7.91. The Balaban J connectivity index is 1.67. The monoisotopic (exact) mass is 415 g/mol. The first kappa shape index (κ1) is 20.7. The second-order valence-electron chi connectivity index (χ2n) is 9.13. The van der Waals surface area contributed by atoms with Crippen LogP contribution in [0.3, 0.4) is 0 Å².